The number of carbonyl (C=O) groups excluding carboxylic acids is 2. The summed E-state index contributed by atoms with van der Waals surface area (Å²) in [6.45, 7) is 8.76. The van der Waals surface area contributed by atoms with E-state index in [1.807, 2.05) is 13.8 Å². The number of rotatable bonds is 9. The number of likely N-dealkylation sites (N-methyl/N-ethyl adjacent to an activating group) is 1. The van der Waals surface area contributed by atoms with Gasteiger partial charge in [0.25, 0.3) is 15.9 Å². The van der Waals surface area contributed by atoms with Crippen LogP contribution in [0, 0.1) is 0 Å². The van der Waals surface area contributed by atoms with Crippen molar-refractivity contribution in [2.75, 3.05) is 56.0 Å². The number of hydrogen-bond donors (Lipinski definition) is 3. The van der Waals surface area contributed by atoms with Gasteiger partial charge < -0.3 is 25.0 Å². The van der Waals surface area contributed by atoms with Crippen LogP contribution in [0.15, 0.2) is 47.4 Å². The van der Waals surface area contributed by atoms with E-state index >= 15 is 0 Å². The number of alkyl halides is 3. The number of carboxylic acid groups (broad SMARTS) is 1. The molecular formula is C27H35F3N4O7S. The average Bonchev–Trinajstić information content (AvgIpc) is 2.92. The SMILES string of the molecule is CCOC(=O)CN(C)C(=O)c1ccc(N2CCNCC2)c(NS(=O)(=O)c2ccc(C(C)C)cc2)c1.O=C(O)C(F)(F)F. The Bertz CT molecular complexity index is 1340. The van der Waals surface area contributed by atoms with Gasteiger partial charge in [0, 0.05) is 38.8 Å². The predicted octanol–water partition coefficient (Wildman–Crippen LogP) is 3.29. The fraction of sp³-hybridized carbons (Fsp3) is 0.444. The molecule has 1 aliphatic rings. The van der Waals surface area contributed by atoms with Crippen LogP contribution < -0.4 is 14.9 Å². The third-order valence-corrected chi connectivity index (χ3v) is 7.44. The average molecular weight is 617 g/mol. The smallest absolute Gasteiger partial charge is 0.475 e. The molecule has 2 aromatic carbocycles. The molecule has 0 bridgehead atoms. The van der Waals surface area contributed by atoms with Crippen LogP contribution in [0.5, 0.6) is 0 Å². The third-order valence-electron chi connectivity index (χ3n) is 6.06. The topological polar surface area (TPSA) is 145 Å². The molecule has 232 valence electrons. The molecule has 11 nitrogen and oxygen atoms in total. The Labute approximate surface area is 242 Å². The van der Waals surface area contributed by atoms with Crippen molar-refractivity contribution in [3.63, 3.8) is 0 Å². The number of carbonyl (C=O) groups is 3. The summed E-state index contributed by atoms with van der Waals surface area (Å²) in [6, 6.07) is 11.7. The van der Waals surface area contributed by atoms with Crippen molar-refractivity contribution in [1.82, 2.24) is 10.2 Å². The summed E-state index contributed by atoms with van der Waals surface area (Å²) in [5.74, 6) is -3.39. The summed E-state index contributed by atoms with van der Waals surface area (Å²) in [5, 5.41) is 10.4. The van der Waals surface area contributed by atoms with Gasteiger partial charge in [-0.3, -0.25) is 14.3 Å². The highest BCUT2D eigenvalue weighted by Gasteiger charge is 2.38. The number of benzene rings is 2. The molecule has 3 N–H and O–H groups in total. The molecule has 1 fully saturated rings. The van der Waals surface area contributed by atoms with Crippen LogP contribution in [0.2, 0.25) is 0 Å². The molecule has 3 rings (SSSR count). The lowest BCUT2D eigenvalue weighted by molar-refractivity contribution is -0.192. The highest BCUT2D eigenvalue weighted by Crippen LogP contribution is 2.31. The van der Waals surface area contributed by atoms with Gasteiger partial charge in [-0.2, -0.15) is 13.2 Å². The molecule has 0 spiro atoms. The molecule has 0 aliphatic carbocycles. The van der Waals surface area contributed by atoms with Gasteiger partial charge >= 0.3 is 18.1 Å². The highest BCUT2D eigenvalue weighted by molar-refractivity contribution is 7.92. The minimum absolute atomic E-state index is 0.143. The van der Waals surface area contributed by atoms with E-state index in [-0.39, 0.29) is 29.5 Å². The predicted molar refractivity (Wildman–Crippen MR) is 150 cm³/mol. The van der Waals surface area contributed by atoms with E-state index in [9.17, 15) is 31.2 Å². The quantitative estimate of drug-likeness (QED) is 0.362. The molecule has 0 radical (unpaired) electrons. The lowest BCUT2D eigenvalue weighted by Gasteiger charge is -2.31. The zero-order valence-corrected chi connectivity index (χ0v) is 24.5. The number of piperazine rings is 1. The Kier molecular flexibility index (Phi) is 12.2. The van der Waals surface area contributed by atoms with E-state index in [2.05, 4.69) is 14.9 Å². The Hall–Kier alpha value is -3.85. The number of carboxylic acids is 1. The minimum atomic E-state index is -5.08. The number of nitrogens with zero attached hydrogens (tertiary/aromatic N) is 2. The maximum absolute atomic E-state index is 13.3. The second kappa shape index (κ2) is 14.9. The number of anilines is 2. The maximum atomic E-state index is 13.3. The van der Waals surface area contributed by atoms with Gasteiger partial charge in [0.15, 0.2) is 0 Å². The molecular weight excluding hydrogens is 581 g/mol. The van der Waals surface area contributed by atoms with Gasteiger partial charge in [-0.1, -0.05) is 26.0 Å². The Morgan fingerprint density at radius 3 is 2.17 bits per heavy atom. The van der Waals surface area contributed by atoms with Gasteiger partial charge in [0.05, 0.1) is 22.9 Å². The molecule has 1 amide bonds. The van der Waals surface area contributed by atoms with E-state index in [4.69, 9.17) is 14.6 Å². The van der Waals surface area contributed by atoms with Crippen molar-refractivity contribution in [3.8, 4) is 0 Å². The monoisotopic (exact) mass is 616 g/mol. The van der Waals surface area contributed by atoms with Crippen LogP contribution in [0.4, 0.5) is 24.5 Å². The number of halogens is 3. The molecule has 0 unspecified atom stereocenters. The molecule has 1 saturated heterocycles. The molecule has 1 heterocycles. The lowest BCUT2D eigenvalue weighted by Crippen LogP contribution is -2.43. The van der Waals surface area contributed by atoms with Crippen LogP contribution in [0.25, 0.3) is 0 Å². The van der Waals surface area contributed by atoms with Crippen molar-refractivity contribution in [2.24, 2.45) is 0 Å². The van der Waals surface area contributed by atoms with Crippen LogP contribution in [0.1, 0.15) is 42.6 Å². The molecule has 42 heavy (non-hydrogen) atoms. The molecule has 0 aromatic heterocycles. The van der Waals surface area contributed by atoms with E-state index in [1.165, 1.54) is 18.0 Å². The van der Waals surface area contributed by atoms with Crippen LogP contribution >= 0.6 is 0 Å². The molecule has 0 saturated carbocycles. The first-order valence-electron chi connectivity index (χ1n) is 13.0. The highest BCUT2D eigenvalue weighted by atomic mass is 32.2. The third kappa shape index (κ3) is 9.91. The summed E-state index contributed by atoms with van der Waals surface area (Å²) >= 11 is 0. The number of sulfonamides is 1. The van der Waals surface area contributed by atoms with Crippen LogP contribution in [-0.4, -0.2) is 88.8 Å². The standard InChI is InChI=1S/C25H34N4O5S.C2HF3O2/c1-5-34-24(30)17-28(4)25(31)20-8-11-23(29-14-12-26-13-15-29)22(16-20)27-35(32,33)21-9-6-19(7-10-21)18(2)3;3-2(4,5)1(6)7/h6-11,16,18,26-27H,5,12-15,17H2,1-4H3;(H,6,7). The minimum Gasteiger partial charge on any atom is -0.475 e. The van der Waals surface area contributed by atoms with Crippen molar-refractivity contribution in [2.45, 2.75) is 37.8 Å². The van der Waals surface area contributed by atoms with Crippen LogP contribution in [-0.2, 0) is 24.3 Å². The Morgan fingerprint density at radius 2 is 1.67 bits per heavy atom. The summed E-state index contributed by atoms with van der Waals surface area (Å²) in [5.41, 5.74) is 2.32. The number of ether oxygens (including phenoxy) is 1. The molecule has 15 heteroatoms. The summed E-state index contributed by atoms with van der Waals surface area (Å²) < 4.78 is 65.9. The first-order valence-corrected chi connectivity index (χ1v) is 14.5. The van der Waals surface area contributed by atoms with Gasteiger partial charge in [0.2, 0.25) is 0 Å². The van der Waals surface area contributed by atoms with E-state index in [0.29, 0.717) is 24.5 Å². The number of hydrogen-bond acceptors (Lipinski definition) is 8. The zero-order valence-electron chi connectivity index (χ0n) is 23.7. The first kappa shape index (κ1) is 34.4. The van der Waals surface area contributed by atoms with Gasteiger partial charge in [-0.15, -0.1) is 0 Å². The van der Waals surface area contributed by atoms with Gasteiger partial charge in [-0.25, -0.2) is 13.2 Å². The summed E-state index contributed by atoms with van der Waals surface area (Å²) in [6.07, 6.45) is -5.08. The molecule has 2 aromatic rings. The first-order chi connectivity index (χ1) is 19.6. The van der Waals surface area contributed by atoms with E-state index in [0.717, 1.165) is 18.7 Å². The van der Waals surface area contributed by atoms with Gasteiger partial charge in [0.1, 0.15) is 6.54 Å². The van der Waals surface area contributed by atoms with Crippen LogP contribution in [0.3, 0.4) is 0 Å². The Balaban J connectivity index is 0.000000782. The molecule has 1 aliphatic heterocycles. The van der Waals surface area contributed by atoms with Crippen molar-refractivity contribution >= 4 is 39.2 Å². The number of amides is 1. The van der Waals surface area contributed by atoms with E-state index in [1.54, 1.807) is 43.3 Å². The number of aliphatic carboxylic acids is 1. The van der Waals surface area contributed by atoms with Gasteiger partial charge in [-0.05, 0) is 48.7 Å². The number of esters is 1. The fourth-order valence-corrected chi connectivity index (χ4v) is 4.93. The number of nitrogens with one attached hydrogen (secondary N) is 2. The maximum Gasteiger partial charge on any atom is 0.490 e. The Morgan fingerprint density at radius 1 is 1.10 bits per heavy atom. The largest absolute Gasteiger partial charge is 0.490 e. The second-order valence-electron chi connectivity index (χ2n) is 9.57. The van der Waals surface area contributed by atoms with Crippen molar-refractivity contribution in [1.29, 1.82) is 0 Å². The normalized spacial score (nSPS) is 13.6. The van der Waals surface area contributed by atoms with Crippen molar-refractivity contribution < 1.29 is 45.8 Å². The van der Waals surface area contributed by atoms with Crippen molar-refractivity contribution in [3.05, 3.63) is 53.6 Å². The van der Waals surface area contributed by atoms with E-state index < -0.39 is 34.0 Å². The summed E-state index contributed by atoms with van der Waals surface area (Å²) in [7, 11) is -2.39. The fourth-order valence-electron chi connectivity index (χ4n) is 3.86. The zero-order chi connectivity index (χ0) is 31.7. The molecule has 0 atom stereocenters. The second-order valence-corrected chi connectivity index (χ2v) is 11.2. The summed E-state index contributed by atoms with van der Waals surface area (Å²) in [4.78, 5) is 37.2. The lowest BCUT2D eigenvalue weighted by atomic mass is 10.0.